The Hall–Kier alpha value is -2.69. The van der Waals surface area contributed by atoms with Crippen LogP contribution in [0.4, 0.5) is 0 Å². The van der Waals surface area contributed by atoms with E-state index >= 15 is 0 Å². The van der Waals surface area contributed by atoms with Gasteiger partial charge in [0, 0.05) is 5.02 Å². The van der Waals surface area contributed by atoms with Crippen molar-refractivity contribution >= 4 is 29.2 Å². The molecule has 0 radical (unpaired) electrons. The maximum absolute atomic E-state index is 12.1. The minimum Gasteiger partial charge on any atom is -0.458 e. The Morgan fingerprint density at radius 3 is 2.23 bits per heavy atom. The van der Waals surface area contributed by atoms with E-state index in [0.717, 1.165) is 0 Å². The largest absolute Gasteiger partial charge is 0.458 e. The topological polar surface area (TPSA) is 44.8 Å². The molecule has 3 aromatic rings. The minimum atomic E-state index is -0.438. The van der Waals surface area contributed by atoms with Gasteiger partial charge in [-0.15, -0.1) is 0 Å². The number of carbonyl (C=O) groups excluding carboxylic acids is 1. The molecule has 0 fully saturated rings. The van der Waals surface area contributed by atoms with Crippen LogP contribution >= 0.6 is 23.2 Å². The molecule has 0 aliphatic heterocycles. The Morgan fingerprint density at radius 1 is 0.808 bits per heavy atom. The molecule has 0 heterocycles. The Morgan fingerprint density at radius 2 is 1.54 bits per heavy atom. The first-order chi connectivity index (χ1) is 12.6. The number of rotatable bonds is 6. The van der Waals surface area contributed by atoms with E-state index in [1.54, 1.807) is 66.7 Å². The fraction of sp³-hybridized carbons (Fsp3) is 0.0500. The number of hydrogen-bond acceptors (Lipinski definition) is 4. The summed E-state index contributed by atoms with van der Waals surface area (Å²) in [6, 6.07) is 20.4. The number of carbonyl (C=O) groups is 1. The Bertz CT molecular complexity index is 880. The highest BCUT2D eigenvalue weighted by atomic mass is 35.5. The normalized spacial score (nSPS) is 10.2. The molecule has 26 heavy (non-hydrogen) atoms. The van der Waals surface area contributed by atoms with E-state index in [4.69, 9.17) is 37.4 Å². The highest BCUT2D eigenvalue weighted by molar-refractivity contribution is 6.35. The van der Waals surface area contributed by atoms with Gasteiger partial charge in [-0.3, -0.25) is 0 Å². The predicted molar refractivity (Wildman–Crippen MR) is 100 cm³/mol. The van der Waals surface area contributed by atoms with E-state index in [-0.39, 0.29) is 6.79 Å². The Labute approximate surface area is 160 Å². The van der Waals surface area contributed by atoms with Crippen LogP contribution in [0.15, 0.2) is 72.8 Å². The van der Waals surface area contributed by atoms with Gasteiger partial charge in [-0.05, 0) is 54.6 Å². The van der Waals surface area contributed by atoms with Crippen LogP contribution in [0.1, 0.15) is 10.4 Å². The molecule has 0 saturated heterocycles. The van der Waals surface area contributed by atoms with Crippen LogP contribution in [0.25, 0.3) is 0 Å². The molecule has 0 bridgehead atoms. The van der Waals surface area contributed by atoms with Crippen LogP contribution in [0, 0.1) is 0 Å². The lowest BCUT2D eigenvalue weighted by Crippen LogP contribution is -2.09. The number of esters is 1. The summed E-state index contributed by atoms with van der Waals surface area (Å²) in [6.07, 6.45) is 0. The van der Waals surface area contributed by atoms with Gasteiger partial charge in [0.25, 0.3) is 0 Å². The van der Waals surface area contributed by atoms with Crippen molar-refractivity contribution < 1.29 is 19.0 Å². The first-order valence-corrected chi connectivity index (χ1v) is 8.45. The van der Waals surface area contributed by atoms with Crippen LogP contribution in [0.5, 0.6) is 17.2 Å². The van der Waals surface area contributed by atoms with Gasteiger partial charge >= 0.3 is 5.97 Å². The van der Waals surface area contributed by atoms with Gasteiger partial charge in [-0.2, -0.15) is 0 Å². The van der Waals surface area contributed by atoms with Crippen LogP contribution < -0.4 is 14.2 Å². The first-order valence-electron chi connectivity index (χ1n) is 7.70. The van der Waals surface area contributed by atoms with Crippen molar-refractivity contribution in [1.29, 1.82) is 0 Å². The zero-order chi connectivity index (χ0) is 18.4. The standard InChI is InChI=1S/C20H14Cl2O4/c21-15-8-11-19(18(22)12-15)25-13-24-16-9-6-14(7-10-16)20(23)26-17-4-2-1-3-5-17/h1-12H,13H2. The molecule has 0 saturated carbocycles. The highest BCUT2D eigenvalue weighted by Gasteiger charge is 2.09. The first kappa shape index (κ1) is 18.1. The summed E-state index contributed by atoms with van der Waals surface area (Å²) < 4.78 is 16.2. The quantitative estimate of drug-likeness (QED) is 0.312. The van der Waals surface area contributed by atoms with Crippen LogP contribution in [0.3, 0.4) is 0 Å². The molecule has 4 nitrogen and oxygen atoms in total. The molecule has 0 N–H and O–H groups in total. The third-order valence-corrected chi connectivity index (χ3v) is 3.91. The molecule has 0 aliphatic carbocycles. The second kappa shape index (κ2) is 8.61. The summed E-state index contributed by atoms with van der Waals surface area (Å²) in [7, 11) is 0. The minimum absolute atomic E-state index is 0.0326. The monoisotopic (exact) mass is 388 g/mol. The van der Waals surface area contributed by atoms with Gasteiger partial charge in [-0.1, -0.05) is 41.4 Å². The third-order valence-electron chi connectivity index (χ3n) is 3.38. The average molecular weight is 389 g/mol. The van der Waals surface area contributed by atoms with Gasteiger partial charge in [0.15, 0.2) is 0 Å². The van der Waals surface area contributed by atoms with Crippen molar-refractivity contribution in [2.24, 2.45) is 0 Å². The zero-order valence-corrected chi connectivity index (χ0v) is 15.0. The predicted octanol–water partition coefficient (Wildman–Crippen LogP) is 5.63. The maximum Gasteiger partial charge on any atom is 0.343 e. The molecule has 6 heteroatoms. The van der Waals surface area contributed by atoms with Crippen molar-refractivity contribution in [3.63, 3.8) is 0 Å². The van der Waals surface area contributed by atoms with E-state index in [1.165, 1.54) is 0 Å². The van der Waals surface area contributed by atoms with Crippen LogP contribution in [-0.2, 0) is 0 Å². The SMILES string of the molecule is O=C(Oc1ccccc1)c1ccc(OCOc2ccc(Cl)cc2Cl)cc1. The average Bonchev–Trinajstić information content (AvgIpc) is 2.65. The summed E-state index contributed by atoms with van der Waals surface area (Å²) in [5, 5.41) is 0.932. The lowest BCUT2D eigenvalue weighted by molar-refractivity contribution is 0.0734. The van der Waals surface area contributed by atoms with E-state index in [1.807, 2.05) is 6.07 Å². The molecular formula is C20H14Cl2O4. The molecule has 0 atom stereocenters. The van der Waals surface area contributed by atoms with E-state index in [0.29, 0.717) is 32.9 Å². The molecule has 0 unspecified atom stereocenters. The van der Waals surface area contributed by atoms with Gasteiger partial charge in [0.2, 0.25) is 6.79 Å². The molecule has 132 valence electrons. The van der Waals surface area contributed by atoms with Crippen molar-refractivity contribution in [3.05, 3.63) is 88.4 Å². The van der Waals surface area contributed by atoms with Crippen LogP contribution in [-0.4, -0.2) is 12.8 Å². The van der Waals surface area contributed by atoms with Crippen molar-refractivity contribution in [2.45, 2.75) is 0 Å². The Balaban J connectivity index is 1.53. The molecule has 0 spiro atoms. The molecule has 3 aromatic carbocycles. The summed E-state index contributed by atoms with van der Waals surface area (Å²) >= 11 is 11.8. The smallest absolute Gasteiger partial charge is 0.343 e. The third kappa shape index (κ3) is 4.91. The lowest BCUT2D eigenvalue weighted by Gasteiger charge is -2.10. The fourth-order valence-corrected chi connectivity index (χ4v) is 2.56. The summed E-state index contributed by atoms with van der Waals surface area (Å²) in [5.74, 6) is 1.07. The number of benzene rings is 3. The Kier molecular flexibility index (Phi) is 6.00. The lowest BCUT2D eigenvalue weighted by atomic mass is 10.2. The molecule has 0 aromatic heterocycles. The van der Waals surface area contributed by atoms with E-state index in [2.05, 4.69) is 0 Å². The van der Waals surface area contributed by atoms with Gasteiger partial charge in [0.05, 0.1) is 10.6 Å². The van der Waals surface area contributed by atoms with Crippen molar-refractivity contribution in [1.82, 2.24) is 0 Å². The van der Waals surface area contributed by atoms with E-state index in [9.17, 15) is 4.79 Å². The molecule has 0 amide bonds. The number of para-hydroxylation sites is 1. The van der Waals surface area contributed by atoms with Gasteiger partial charge in [0.1, 0.15) is 17.2 Å². The summed E-state index contributed by atoms with van der Waals surface area (Å²) in [5.41, 5.74) is 0.419. The number of hydrogen-bond donors (Lipinski definition) is 0. The number of halogens is 2. The highest BCUT2D eigenvalue weighted by Crippen LogP contribution is 2.27. The van der Waals surface area contributed by atoms with Crippen molar-refractivity contribution in [2.75, 3.05) is 6.79 Å². The molecule has 0 aliphatic rings. The van der Waals surface area contributed by atoms with Crippen molar-refractivity contribution in [3.8, 4) is 17.2 Å². The maximum atomic E-state index is 12.1. The zero-order valence-electron chi connectivity index (χ0n) is 13.5. The summed E-state index contributed by atoms with van der Waals surface area (Å²) in [4.78, 5) is 12.1. The second-order valence-electron chi connectivity index (χ2n) is 5.21. The molecule has 3 rings (SSSR count). The summed E-state index contributed by atoms with van der Waals surface area (Å²) in [6.45, 7) is -0.0326. The fourth-order valence-electron chi connectivity index (χ4n) is 2.09. The molecular weight excluding hydrogens is 375 g/mol. The van der Waals surface area contributed by atoms with Gasteiger partial charge in [-0.25, -0.2) is 4.79 Å². The van der Waals surface area contributed by atoms with E-state index < -0.39 is 5.97 Å². The van der Waals surface area contributed by atoms with Crippen LogP contribution in [0.2, 0.25) is 10.0 Å². The van der Waals surface area contributed by atoms with Gasteiger partial charge < -0.3 is 14.2 Å². The number of ether oxygens (including phenoxy) is 3. The second-order valence-corrected chi connectivity index (χ2v) is 6.05.